The monoisotopic (exact) mass is 436 g/mol. The molecule has 0 aliphatic rings. The molecule has 0 aliphatic carbocycles. The number of halogens is 4. The van der Waals surface area contributed by atoms with Gasteiger partial charge in [0.2, 0.25) is 0 Å². The fraction of sp³-hybridized carbons (Fsp3) is 0.125. The van der Waals surface area contributed by atoms with Gasteiger partial charge in [0, 0.05) is 17.1 Å². The van der Waals surface area contributed by atoms with Crippen molar-refractivity contribution in [2.75, 3.05) is 5.23 Å². The lowest BCUT2D eigenvalue weighted by Gasteiger charge is -2.13. The number of anilines is 1. The van der Waals surface area contributed by atoms with Crippen LogP contribution in [0.4, 0.5) is 18.9 Å². The predicted octanol–water partition coefficient (Wildman–Crippen LogP) is 3.63. The van der Waals surface area contributed by atoms with Gasteiger partial charge in [-0.05, 0) is 30.3 Å². The summed E-state index contributed by atoms with van der Waals surface area (Å²) in [5.41, 5.74) is -1.70. The average molecular weight is 437 g/mol. The van der Waals surface area contributed by atoms with Crippen LogP contribution in [-0.2, 0) is 22.8 Å². The molecule has 28 heavy (non-hydrogen) atoms. The van der Waals surface area contributed by atoms with Gasteiger partial charge in [0.1, 0.15) is 5.69 Å². The number of aromatic nitrogens is 1. The molecule has 7 nitrogen and oxygen atoms in total. The van der Waals surface area contributed by atoms with Gasteiger partial charge in [0.25, 0.3) is 10.0 Å². The van der Waals surface area contributed by atoms with E-state index in [1.54, 1.807) is 0 Å². The zero-order valence-corrected chi connectivity index (χ0v) is 15.3. The maximum Gasteiger partial charge on any atom is 0.416 e. The third-order valence-corrected chi connectivity index (χ3v) is 6.03. The first kappa shape index (κ1) is 20.4. The lowest BCUT2D eigenvalue weighted by atomic mass is 10.1. The zero-order valence-electron chi connectivity index (χ0n) is 13.7. The molecule has 0 aliphatic heterocycles. The molecule has 0 saturated heterocycles. The number of hydrogen-bond acceptors (Lipinski definition) is 6. The van der Waals surface area contributed by atoms with Crippen molar-refractivity contribution in [2.45, 2.75) is 17.7 Å². The molecule has 0 radical (unpaired) electrons. The minimum atomic E-state index is -4.70. The van der Waals surface area contributed by atoms with Crippen LogP contribution in [0.15, 0.2) is 47.5 Å². The van der Waals surface area contributed by atoms with Gasteiger partial charge >= 0.3 is 6.18 Å². The van der Waals surface area contributed by atoms with Crippen molar-refractivity contribution in [3.63, 3.8) is 0 Å². The number of rotatable bonds is 4. The molecule has 150 valence electrons. The summed E-state index contributed by atoms with van der Waals surface area (Å²) in [6, 6.07) is 5.51. The van der Waals surface area contributed by atoms with Gasteiger partial charge in [-0.15, -0.1) is 5.23 Å². The van der Waals surface area contributed by atoms with E-state index in [2.05, 4.69) is 0 Å². The molecule has 0 saturated carbocycles. The molecular weight excluding hydrogens is 425 g/mol. The number of aliphatic hydroxyl groups is 1. The summed E-state index contributed by atoms with van der Waals surface area (Å²) in [6.45, 7) is -0.600. The molecule has 0 bridgehead atoms. The average Bonchev–Trinajstić information content (AvgIpc) is 2.99. The zero-order chi connectivity index (χ0) is 20.9. The number of fused-ring (bicyclic) bond motifs is 1. The summed E-state index contributed by atoms with van der Waals surface area (Å²) < 4.78 is 65.8. The normalized spacial score (nSPS) is 12.5. The summed E-state index contributed by atoms with van der Waals surface area (Å²) in [6.07, 6.45) is -3.70. The number of benzene rings is 2. The number of alkyl halides is 3. The van der Waals surface area contributed by atoms with Crippen LogP contribution in [0.25, 0.3) is 10.9 Å². The molecule has 2 aromatic carbocycles. The Labute approximate surface area is 161 Å². The van der Waals surface area contributed by atoms with Crippen LogP contribution in [0.1, 0.15) is 11.1 Å². The lowest BCUT2D eigenvalue weighted by molar-refractivity contribution is -0.137. The Morgan fingerprint density at radius 3 is 2.36 bits per heavy atom. The molecule has 12 heteroatoms. The Bertz CT molecular complexity index is 1160. The van der Waals surface area contributed by atoms with Crippen LogP contribution < -0.4 is 5.23 Å². The van der Waals surface area contributed by atoms with Crippen LogP contribution in [0.5, 0.6) is 0 Å². The van der Waals surface area contributed by atoms with Crippen LogP contribution >= 0.6 is 11.6 Å². The first-order valence-corrected chi connectivity index (χ1v) is 9.33. The van der Waals surface area contributed by atoms with Crippen LogP contribution in [0.2, 0.25) is 5.02 Å². The molecule has 3 N–H and O–H groups in total. The Balaban J connectivity index is 2.28. The van der Waals surface area contributed by atoms with Gasteiger partial charge in [-0.25, -0.2) is 12.4 Å². The second-order valence-corrected chi connectivity index (χ2v) is 7.97. The van der Waals surface area contributed by atoms with Gasteiger partial charge in [-0.3, -0.25) is 10.4 Å². The minimum Gasteiger partial charge on any atom is -0.392 e. The third kappa shape index (κ3) is 3.42. The molecule has 0 atom stereocenters. The Hall–Kier alpha value is -2.31. The van der Waals surface area contributed by atoms with E-state index < -0.39 is 39.0 Å². The highest BCUT2D eigenvalue weighted by Gasteiger charge is 2.32. The fourth-order valence-corrected chi connectivity index (χ4v) is 4.28. The van der Waals surface area contributed by atoms with E-state index in [9.17, 15) is 26.7 Å². The predicted molar refractivity (Wildman–Crippen MR) is 93.0 cm³/mol. The molecule has 0 spiro atoms. The van der Waals surface area contributed by atoms with Gasteiger partial charge in [-0.1, -0.05) is 17.7 Å². The van der Waals surface area contributed by atoms with Crippen molar-refractivity contribution < 1.29 is 37.1 Å². The summed E-state index contributed by atoms with van der Waals surface area (Å²) in [5.74, 6) is 0. The quantitative estimate of drug-likeness (QED) is 0.540. The smallest absolute Gasteiger partial charge is 0.392 e. The highest BCUT2D eigenvalue weighted by atomic mass is 35.5. The first-order valence-electron chi connectivity index (χ1n) is 7.52. The second-order valence-electron chi connectivity index (χ2n) is 5.75. The largest absolute Gasteiger partial charge is 0.416 e. The highest BCUT2D eigenvalue weighted by Crippen LogP contribution is 2.35. The van der Waals surface area contributed by atoms with Gasteiger partial charge in [0.05, 0.1) is 27.6 Å². The topological polar surface area (TPSA) is 103 Å². The van der Waals surface area contributed by atoms with E-state index in [1.165, 1.54) is 0 Å². The van der Waals surface area contributed by atoms with E-state index in [-0.39, 0.29) is 26.7 Å². The van der Waals surface area contributed by atoms with Crippen LogP contribution in [-0.4, -0.2) is 27.9 Å². The first-order chi connectivity index (χ1) is 13.0. The summed E-state index contributed by atoms with van der Waals surface area (Å²) in [4.78, 5) is -0.459. The molecule has 0 unspecified atom stereocenters. The van der Waals surface area contributed by atoms with Crippen molar-refractivity contribution in [3.05, 3.63) is 58.7 Å². The minimum absolute atomic E-state index is 0.104. The Morgan fingerprint density at radius 1 is 1.11 bits per heavy atom. The Kier molecular flexibility index (Phi) is 5.06. The Morgan fingerprint density at radius 2 is 1.79 bits per heavy atom. The van der Waals surface area contributed by atoms with Gasteiger partial charge in [0.15, 0.2) is 0 Å². The van der Waals surface area contributed by atoms with E-state index in [0.29, 0.717) is 10.0 Å². The van der Waals surface area contributed by atoms with E-state index in [4.69, 9.17) is 22.0 Å². The summed E-state index contributed by atoms with van der Waals surface area (Å²) in [7, 11) is -4.46. The van der Waals surface area contributed by atoms with Crippen molar-refractivity contribution in [3.8, 4) is 0 Å². The molecule has 3 aromatic rings. The summed E-state index contributed by atoms with van der Waals surface area (Å²) in [5, 5.41) is 27.3. The molecule has 1 aromatic heterocycles. The van der Waals surface area contributed by atoms with Crippen LogP contribution in [0, 0.1) is 0 Å². The fourth-order valence-electron chi connectivity index (χ4n) is 2.69. The highest BCUT2D eigenvalue weighted by molar-refractivity contribution is 7.90. The number of nitrogens with zero attached hydrogens (tertiary/aromatic N) is 2. The van der Waals surface area contributed by atoms with E-state index >= 15 is 0 Å². The third-order valence-electron chi connectivity index (χ3n) is 4.04. The lowest BCUT2D eigenvalue weighted by Crippen LogP contribution is -2.15. The van der Waals surface area contributed by atoms with Crippen molar-refractivity contribution in [1.29, 1.82) is 0 Å². The van der Waals surface area contributed by atoms with E-state index in [1.807, 2.05) is 0 Å². The molecule has 0 fully saturated rings. The molecule has 3 rings (SSSR count). The van der Waals surface area contributed by atoms with Crippen molar-refractivity contribution in [2.24, 2.45) is 0 Å². The maximum atomic E-state index is 13.1. The maximum absolute atomic E-state index is 13.1. The van der Waals surface area contributed by atoms with E-state index in [0.717, 1.165) is 36.5 Å². The molecule has 0 amide bonds. The van der Waals surface area contributed by atoms with Gasteiger partial charge in [-0.2, -0.15) is 13.2 Å². The van der Waals surface area contributed by atoms with Gasteiger partial charge < -0.3 is 5.11 Å². The number of aliphatic hydroxyl groups excluding tert-OH is 1. The van der Waals surface area contributed by atoms with Crippen molar-refractivity contribution >= 4 is 38.2 Å². The van der Waals surface area contributed by atoms with Crippen molar-refractivity contribution in [1.82, 2.24) is 3.97 Å². The summed E-state index contributed by atoms with van der Waals surface area (Å²) >= 11 is 5.76. The number of hydrogen-bond donors (Lipinski definition) is 3. The van der Waals surface area contributed by atoms with Crippen LogP contribution in [0.3, 0.4) is 0 Å². The molecular formula is C16H12ClF3N2O5S. The standard InChI is InChI=1S/C16H12ClF3N2O5S/c17-13-4-2-11(6-15(13)22(24)25)28(26,27)21-7-9(8-23)12-3-1-10(5-14(12)21)16(18,19)20/h1-7,23-25H,8H2. The SMILES string of the molecule is O=S(=O)(c1ccc(Cl)c(N(O)O)c1)n1cc(CO)c2ccc(C(F)(F)F)cc21. The molecule has 1 heterocycles. The second kappa shape index (κ2) is 6.94.